The summed E-state index contributed by atoms with van der Waals surface area (Å²) in [5.74, 6) is 0.861. The molecule has 140 valence electrons. The van der Waals surface area contributed by atoms with Gasteiger partial charge in [-0.1, -0.05) is 29.3 Å². The zero-order valence-electron chi connectivity index (χ0n) is 14.6. The van der Waals surface area contributed by atoms with Crippen LogP contribution in [0.25, 0.3) is 10.1 Å². The van der Waals surface area contributed by atoms with Crippen LogP contribution in [-0.2, 0) is 0 Å². The second-order valence-electron chi connectivity index (χ2n) is 5.43. The number of carbonyl (C=O) groups is 1. The Kier molecular flexibility index (Phi) is 6.21. The fraction of sp³-hybridized carbons (Fsp3) is 0.158. The van der Waals surface area contributed by atoms with Gasteiger partial charge in [-0.05, 0) is 42.8 Å². The second-order valence-corrected chi connectivity index (χ2v) is 7.29. The standard InChI is InChI=1S/C19H16Cl2N2O3S/c1-3-26-14-7-4-11(8-15(14)25-2)10-22-23-19(24)18-17(21)13-6-5-12(20)9-16(13)27-18/h4-10H,3H2,1-2H3,(H,23,24)/b22-10+. The maximum Gasteiger partial charge on any atom is 0.283 e. The van der Waals surface area contributed by atoms with Crippen LogP contribution in [0.1, 0.15) is 22.2 Å². The molecule has 5 nitrogen and oxygen atoms in total. The van der Waals surface area contributed by atoms with E-state index in [4.69, 9.17) is 32.7 Å². The predicted octanol–water partition coefficient (Wildman–Crippen LogP) is 5.38. The van der Waals surface area contributed by atoms with Crippen molar-refractivity contribution in [2.75, 3.05) is 13.7 Å². The summed E-state index contributed by atoms with van der Waals surface area (Å²) in [4.78, 5) is 12.8. The highest BCUT2D eigenvalue weighted by atomic mass is 35.5. The van der Waals surface area contributed by atoms with Crippen LogP contribution in [0.3, 0.4) is 0 Å². The van der Waals surface area contributed by atoms with Crippen LogP contribution in [0.5, 0.6) is 11.5 Å². The Morgan fingerprint density at radius 2 is 2.04 bits per heavy atom. The monoisotopic (exact) mass is 422 g/mol. The molecule has 1 N–H and O–H groups in total. The van der Waals surface area contributed by atoms with Crippen LogP contribution in [0.4, 0.5) is 0 Å². The van der Waals surface area contributed by atoms with Crippen molar-refractivity contribution in [1.82, 2.24) is 5.43 Å². The zero-order chi connectivity index (χ0) is 19.4. The summed E-state index contributed by atoms with van der Waals surface area (Å²) in [6.45, 7) is 2.44. The molecule has 1 amide bonds. The number of nitrogens with one attached hydrogen (secondary N) is 1. The number of ether oxygens (including phenoxy) is 2. The number of nitrogens with zero attached hydrogens (tertiary/aromatic N) is 1. The molecule has 0 spiro atoms. The Morgan fingerprint density at radius 1 is 1.22 bits per heavy atom. The van der Waals surface area contributed by atoms with Gasteiger partial charge in [0.25, 0.3) is 5.91 Å². The summed E-state index contributed by atoms with van der Waals surface area (Å²) in [6.07, 6.45) is 1.52. The van der Waals surface area contributed by atoms with Gasteiger partial charge in [0.1, 0.15) is 4.88 Å². The van der Waals surface area contributed by atoms with Crippen LogP contribution in [0.15, 0.2) is 41.5 Å². The van der Waals surface area contributed by atoms with E-state index in [2.05, 4.69) is 10.5 Å². The second kappa shape index (κ2) is 8.61. The molecule has 0 aliphatic carbocycles. The minimum atomic E-state index is -0.383. The third-order valence-electron chi connectivity index (χ3n) is 3.66. The molecule has 2 aromatic carbocycles. The van der Waals surface area contributed by atoms with Crippen LogP contribution in [0, 0.1) is 0 Å². The average Bonchev–Trinajstić information content (AvgIpc) is 2.98. The van der Waals surface area contributed by atoms with Gasteiger partial charge in [-0.2, -0.15) is 5.10 Å². The molecule has 1 aromatic heterocycles. The van der Waals surface area contributed by atoms with E-state index in [9.17, 15) is 4.79 Å². The lowest BCUT2D eigenvalue weighted by Gasteiger charge is -2.09. The molecule has 0 radical (unpaired) electrons. The lowest BCUT2D eigenvalue weighted by Crippen LogP contribution is -2.16. The highest BCUT2D eigenvalue weighted by molar-refractivity contribution is 7.21. The van der Waals surface area contributed by atoms with E-state index >= 15 is 0 Å². The number of hydrazone groups is 1. The van der Waals surface area contributed by atoms with Gasteiger partial charge >= 0.3 is 0 Å². The zero-order valence-corrected chi connectivity index (χ0v) is 16.9. The Labute approximate surface area is 170 Å². The number of hydrogen-bond donors (Lipinski definition) is 1. The van der Waals surface area contributed by atoms with Gasteiger partial charge in [-0.3, -0.25) is 4.79 Å². The van der Waals surface area contributed by atoms with Crippen molar-refractivity contribution < 1.29 is 14.3 Å². The molecule has 3 rings (SSSR count). The molecule has 0 saturated heterocycles. The summed E-state index contributed by atoms with van der Waals surface area (Å²) in [5.41, 5.74) is 3.25. The van der Waals surface area contributed by atoms with Crippen molar-refractivity contribution in [1.29, 1.82) is 0 Å². The van der Waals surface area contributed by atoms with Crippen molar-refractivity contribution in [3.8, 4) is 11.5 Å². The summed E-state index contributed by atoms with van der Waals surface area (Å²) in [6, 6.07) is 10.7. The largest absolute Gasteiger partial charge is 0.493 e. The number of hydrogen-bond acceptors (Lipinski definition) is 5. The van der Waals surface area contributed by atoms with Gasteiger partial charge in [0.2, 0.25) is 0 Å². The Hall–Kier alpha value is -2.28. The van der Waals surface area contributed by atoms with Crippen molar-refractivity contribution >= 4 is 56.7 Å². The van der Waals surface area contributed by atoms with Gasteiger partial charge in [0.05, 0.1) is 25.0 Å². The minimum Gasteiger partial charge on any atom is -0.493 e. The molecule has 0 atom stereocenters. The topological polar surface area (TPSA) is 59.9 Å². The Balaban J connectivity index is 1.75. The molecule has 1 heterocycles. The number of thiophene rings is 1. The molecule has 8 heteroatoms. The average molecular weight is 423 g/mol. The summed E-state index contributed by atoms with van der Waals surface area (Å²) >= 11 is 13.6. The summed E-state index contributed by atoms with van der Waals surface area (Å²) in [5, 5.41) is 5.77. The van der Waals surface area contributed by atoms with Crippen molar-refractivity contribution in [2.45, 2.75) is 6.92 Å². The summed E-state index contributed by atoms with van der Waals surface area (Å²) < 4.78 is 11.6. The third-order valence-corrected chi connectivity index (χ3v) is 5.56. The predicted molar refractivity (Wildman–Crippen MR) is 111 cm³/mol. The smallest absolute Gasteiger partial charge is 0.283 e. The van der Waals surface area contributed by atoms with E-state index in [1.54, 1.807) is 37.4 Å². The molecule has 0 aliphatic heterocycles. The number of halogens is 2. The first-order valence-corrected chi connectivity index (χ1v) is 9.62. The lowest BCUT2D eigenvalue weighted by atomic mass is 10.2. The van der Waals surface area contributed by atoms with E-state index in [0.717, 1.165) is 15.6 Å². The lowest BCUT2D eigenvalue weighted by molar-refractivity contribution is 0.0959. The van der Waals surface area contributed by atoms with Gasteiger partial charge in [-0.15, -0.1) is 11.3 Å². The SMILES string of the molecule is CCOc1ccc(/C=N/NC(=O)c2sc3cc(Cl)ccc3c2Cl)cc1OC. The van der Waals surface area contributed by atoms with Gasteiger partial charge in [0.15, 0.2) is 11.5 Å². The van der Waals surface area contributed by atoms with Gasteiger partial charge in [-0.25, -0.2) is 5.43 Å². The Bertz CT molecular complexity index is 1020. The first kappa shape index (κ1) is 19.5. The molecule has 0 aliphatic rings. The van der Waals surface area contributed by atoms with Gasteiger partial charge < -0.3 is 9.47 Å². The quantitative estimate of drug-likeness (QED) is 0.428. The van der Waals surface area contributed by atoms with E-state index in [1.807, 2.05) is 13.0 Å². The fourth-order valence-corrected chi connectivity index (χ4v) is 4.12. The van der Waals surface area contributed by atoms with Crippen LogP contribution in [0.2, 0.25) is 10.0 Å². The molecule has 0 unspecified atom stereocenters. The van der Waals surface area contributed by atoms with E-state index in [-0.39, 0.29) is 5.91 Å². The third kappa shape index (κ3) is 4.35. The van der Waals surface area contributed by atoms with Crippen LogP contribution in [-0.4, -0.2) is 25.8 Å². The number of methoxy groups -OCH3 is 1. The molecule has 0 saturated carbocycles. The van der Waals surface area contributed by atoms with E-state index < -0.39 is 0 Å². The van der Waals surface area contributed by atoms with E-state index in [1.165, 1.54) is 17.6 Å². The highest BCUT2D eigenvalue weighted by Crippen LogP contribution is 2.36. The molecule has 3 aromatic rings. The Morgan fingerprint density at radius 3 is 2.78 bits per heavy atom. The van der Waals surface area contributed by atoms with Crippen molar-refractivity contribution in [3.05, 3.63) is 56.9 Å². The van der Waals surface area contributed by atoms with Gasteiger partial charge in [0, 0.05) is 15.1 Å². The minimum absolute atomic E-state index is 0.383. The normalized spacial score (nSPS) is 11.1. The first-order valence-electron chi connectivity index (χ1n) is 8.05. The molecular weight excluding hydrogens is 407 g/mol. The maximum atomic E-state index is 12.4. The van der Waals surface area contributed by atoms with E-state index in [0.29, 0.717) is 33.0 Å². The van der Waals surface area contributed by atoms with Crippen molar-refractivity contribution in [3.63, 3.8) is 0 Å². The number of benzene rings is 2. The fourth-order valence-electron chi connectivity index (χ4n) is 2.44. The molecule has 27 heavy (non-hydrogen) atoms. The van der Waals surface area contributed by atoms with Crippen molar-refractivity contribution in [2.24, 2.45) is 5.10 Å². The maximum absolute atomic E-state index is 12.4. The molecular formula is C19H16Cl2N2O3S. The number of amides is 1. The molecule has 0 bridgehead atoms. The van der Waals surface area contributed by atoms with Crippen LogP contribution >= 0.6 is 34.5 Å². The summed E-state index contributed by atoms with van der Waals surface area (Å²) in [7, 11) is 1.57. The number of carbonyl (C=O) groups excluding carboxylic acids is 1. The number of fused-ring (bicyclic) bond motifs is 1. The van der Waals surface area contributed by atoms with Crippen LogP contribution < -0.4 is 14.9 Å². The highest BCUT2D eigenvalue weighted by Gasteiger charge is 2.17. The first-order chi connectivity index (χ1) is 13.0. The molecule has 0 fully saturated rings. The number of rotatable bonds is 6.